The molecule has 0 N–H and O–H groups in total. The van der Waals surface area contributed by atoms with Crippen molar-refractivity contribution in [3.63, 3.8) is 0 Å². The largest absolute Gasteiger partial charge is 0.293 e. The Morgan fingerprint density at radius 1 is 1.25 bits per heavy atom. The molecule has 0 saturated carbocycles. The maximum absolute atomic E-state index is 12.6. The molecule has 0 bridgehead atoms. The molecule has 2 heterocycles. The number of carbonyl (C=O) groups is 1. The number of fused-ring (bicyclic) bond motifs is 1. The van der Waals surface area contributed by atoms with Crippen LogP contribution >= 0.6 is 23.5 Å². The quantitative estimate of drug-likeness (QED) is 0.783. The molecule has 3 atom stereocenters. The Hall–Kier alpha value is -1.00. The summed E-state index contributed by atoms with van der Waals surface area (Å²) in [4.78, 5) is 17.0. The average molecular weight is 303 g/mol. The lowest BCUT2D eigenvalue weighted by molar-refractivity contribution is 0.0994. The number of ketones is 1. The third kappa shape index (κ3) is 2.72. The Balaban J connectivity index is 1.85. The maximum Gasteiger partial charge on any atom is 0.178 e. The van der Waals surface area contributed by atoms with Gasteiger partial charge in [-0.05, 0) is 12.1 Å². The van der Waals surface area contributed by atoms with E-state index >= 15 is 0 Å². The summed E-state index contributed by atoms with van der Waals surface area (Å²) in [6, 6.07) is 9.89. The molecule has 0 radical (unpaired) electrons. The fraction of sp³-hybridized carbons (Fsp3) is 0.375. The van der Waals surface area contributed by atoms with Gasteiger partial charge in [-0.15, -0.1) is 11.8 Å². The van der Waals surface area contributed by atoms with Gasteiger partial charge in [-0.3, -0.25) is 9.78 Å². The molecule has 0 spiro atoms. The Labute approximate surface area is 127 Å². The van der Waals surface area contributed by atoms with Gasteiger partial charge in [-0.2, -0.15) is 11.8 Å². The van der Waals surface area contributed by atoms with Crippen LogP contribution in [0.2, 0.25) is 0 Å². The first-order valence-corrected chi connectivity index (χ1v) is 8.80. The highest BCUT2D eigenvalue weighted by Crippen LogP contribution is 2.37. The van der Waals surface area contributed by atoms with Crippen molar-refractivity contribution in [3.05, 3.63) is 42.1 Å². The molecule has 0 aliphatic carbocycles. The molecule has 0 amide bonds. The normalized spacial score (nSPS) is 26.6. The molecule has 1 saturated heterocycles. The van der Waals surface area contributed by atoms with E-state index in [0.717, 1.165) is 22.2 Å². The molecule has 3 rings (SSSR count). The predicted molar refractivity (Wildman–Crippen MR) is 88.8 cm³/mol. The van der Waals surface area contributed by atoms with E-state index in [0.29, 0.717) is 10.5 Å². The first kappa shape index (κ1) is 14.0. The molecule has 1 aromatic carbocycles. The van der Waals surface area contributed by atoms with Crippen LogP contribution in [0.1, 0.15) is 24.2 Å². The number of aromatic nitrogens is 1. The van der Waals surface area contributed by atoms with Crippen LogP contribution < -0.4 is 0 Å². The minimum atomic E-state index is 0.0640. The van der Waals surface area contributed by atoms with Crippen molar-refractivity contribution < 1.29 is 4.79 Å². The second-order valence-corrected chi connectivity index (χ2v) is 8.14. The van der Waals surface area contributed by atoms with Gasteiger partial charge in [-0.1, -0.05) is 32.0 Å². The number of thioether (sulfide) groups is 2. The number of pyridine rings is 1. The molecule has 4 heteroatoms. The Morgan fingerprint density at radius 3 is 2.85 bits per heavy atom. The maximum atomic E-state index is 12.6. The van der Waals surface area contributed by atoms with Crippen molar-refractivity contribution in [2.75, 3.05) is 5.75 Å². The first-order valence-electron chi connectivity index (χ1n) is 6.81. The number of rotatable bonds is 2. The molecule has 1 aromatic heterocycles. The number of hydrogen-bond donors (Lipinski definition) is 0. The molecular weight excluding hydrogens is 286 g/mol. The van der Waals surface area contributed by atoms with E-state index in [1.165, 1.54) is 0 Å². The Bertz CT molecular complexity index is 643. The number of Topliss-reactive ketones (excluding diaryl/α,β-unsaturated/α-hetero) is 1. The van der Waals surface area contributed by atoms with Crippen molar-refractivity contribution in [2.45, 2.75) is 29.6 Å². The van der Waals surface area contributed by atoms with E-state index in [4.69, 9.17) is 0 Å². The van der Waals surface area contributed by atoms with Crippen LogP contribution in [0.3, 0.4) is 0 Å². The Morgan fingerprint density at radius 2 is 2.05 bits per heavy atom. The number of benzene rings is 1. The third-order valence-corrected chi connectivity index (χ3v) is 7.11. The van der Waals surface area contributed by atoms with Crippen LogP contribution in [0.4, 0.5) is 0 Å². The highest BCUT2D eigenvalue weighted by molar-refractivity contribution is 8.08. The molecule has 104 valence electrons. The first-order chi connectivity index (χ1) is 9.65. The molecule has 1 fully saturated rings. The molecule has 2 nitrogen and oxygen atoms in total. The van der Waals surface area contributed by atoms with Crippen LogP contribution in [0.25, 0.3) is 10.9 Å². The van der Waals surface area contributed by atoms with Gasteiger partial charge in [0.1, 0.15) is 0 Å². The average Bonchev–Trinajstić information content (AvgIpc) is 2.49. The summed E-state index contributed by atoms with van der Waals surface area (Å²) < 4.78 is 0. The molecule has 2 aromatic rings. The van der Waals surface area contributed by atoms with Crippen LogP contribution in [-0.2, 0) is 0 Å². The predicted octanol–water partition coefficient (Wildman–Crippen LogP) is 4.04. The molecular formula is C16H17NOS2. The van der Waals surface area contributed by atoms with Crippen LogP contribution in [0.5, 0.6) is 0 Å². The van der Waals surface area contributed by atoms with Crippen molar-refractivity contribution >= 4 is 40.2 Å². The highest BCUT2D eigenvalue weighted by atomic mass is 32.2. The topological polar surface area (TPSA) is 30.0 Å². The fourth-order valence-corrected chi connectivity index (χ4v) is 5.19. The van der Waals surface area contributed by atoms with E-state index in [1.54, 1.807) is 18.0 Å². The minimum Gasteiger partial charge on any atom is -0.293 e. The van der Waals surface area contributed by atoms with E-state index in [1.807, 2.05) is 42.1 Å². The minimum absolute atomic E-state index is 0.0640. The lowest BCUT2D eigenvalue weighted by Gasteiger charge is -2.30. The summed E-state index contributed by atoms with van der Waals surface area (Å²) in [6.45, 7) is 4.45. The van der Waals surface area contributed by atoms with Crippen molar-refractivity contribution in [1.82, 2.24) is 4.98 Å². The number of carbonyl (C=O) groups excluding carboxylic acids is 1. The summed E-state index contributed by atoms with van der Waals surface area (Å²) >= 11 is 3.70. The zero-order chi connectivity index (χ0) is 14.1. The lowest BCUT2D eigenvalue weighted by atomic mass is 10.1. The second-order valence-electron chi connectivity index (χ2n) is 5.15. The zero-order valence-electron chi connectivity index (χ0n) is 11.6. The summed E-state index contributed by atoms with van der Waals surface area (Å²) in [7, 11) is 0. The van der Waals surface area contributed by atoms with Crippen LogP contribution in [-0.4, -0.2) is 32.3 Å². The van der Waals surface area contributed by atoms with Gasteiger partial charge >= 0.3 is 0 Å². The highest BCUT2D eigenvalue weighted by Gasteiger charge is 2.30. The number of hydrogen-bond acceptors (Lipinski definition) is 4. The number of nitrogens with zero attached hydrogens (tertiary/aromatic N) is 1. The van der Waals surface area contributed by atoms with Gasteiger partial charge in [0, 0.05) is 33.4 Å². The van der Waals surface area contributed by atoms with E-state index in [2.05, 4.69) is 18.8 Å². The van der Waals surface area contributed by atoms with E-state index in [-0.39, 0.29) is 11.0 Å². The van der Waals surface area contributed by atoms with Crippen LogP contribution in [0, 0.1) is 0 Å². The summed E-state index contributed by atoms with van der Waals surface area (Å²) in [5.41, 5.74) is 1.68. The van der Waals surface area contributed by atoms with E-state index < -0.39 is 0 Å². The van der Waals surface area contributed by atoms with Gasteiger partial charge in [0.25, 0.3) is 0 Å². The van der Waals surface area contributed by atoms with Gasteiger partial charge in [0.2, 0.25) is 0 Å². The van der Waals surface area contributed by atoms with Crippen molar-refractivity contribution in [3.8, 4) is 0 Å². The summed E-state index contributed by atoms with van der Waals surface area (Å²) in [6.07, 6.45) is 1.72. The van der Waals surface area contributed by atoms with Gasteiger partial charge in [0.15, 0.2) is 5.78 Å². The summed E-state index contributed by atoms with van der Waals surface area (Å²) in [5.74, 6) is 1.13. The van der Waals surface area contributed by atoms with E-state index in [9.17, 15) is 4.79 Å². The monoisotopic (exact) mass is 303 g/mol. The summed E-state index contributed by atoms with van der Waals surface area (Å²) in [5, 5.41) is 2.25. The second kappa shape index (κ2) is 5.78. The smallest absolute Gasteiger partial charge is 0.178 e. The van der Waals surface area contributed by atoms with Crippen molar-refractivity contribution in [2.24, 2.45) is 0 Å². The Kier molecular flexibility index (Phi) is 4.03. The van der Waals surface area contributed by atoms with Crippen LogP contribution in [0.15, 0.2) is 36.5 Å². The molecule has 20 heavy (non-hydrogen) atoms. The molecule has 1 aliphatic rings. The van der Waals surface area contributed by atoms with Gasteiger partial charge in [0.05, 0.1) is 10.8 Å². The van der Waals surface area contributed by atoms with Crippen molar-refractivity contribution in [1.29, 1.82) is 0 Å². The van der Waals surface area contributed by atoms with Gasteiger partial charge in [-0.25, -0.2) is 0 Å². The third-order valence-electron chi connectivity index (χ3n) is 3.72. The number of para-hydroxylation sites is 1. The SMILES string of the molecule is CC1SCC(C(=O)c2cnc3ccccc3c2)SC1C. The zero-order valence-corrected chi connectivity index (χ0v) is 13.2. The fourth-order valence-electron chi connectivity index (χ4n) is 2.31. The lowest BCUT2D eigenvalue weighted by Crippen LogP contribution is -2.31. The van der Waals surface area contributed by atoms with Gasteiger partial charge < -0.3 is 0 Å². The molecule has 3 unspecified atom stereocenters. The standard InChI is InChI=1S/C16H17NOS2/c1-10-11(2)20-15(9-19-10)16(18)13-7-12-5-3-4-6-14(12)17-8-13/h3-8,10-11,15H,9H2,1-2H3. The molecule has 1 aliphatic heterocycles.